The number of hydrogen-bond acceptors (Lipinski definition) is 5. The molecule has 2 N–H and O–H groups in total. The van der Waals surface area contributed by atoms with E-state index in [-0.39, 0.29) is 16.3 Å². The van der Waals surface area contributed by atoms with Gasteiger partial charge in [-0.3, -0.25) is 4.79 Å². The fourth-order valence-electron chi connectivity index (χ4n) is 3.29. The monoisotopic (exact) mass is 458 g/mol. The zero-order valence-corrected chi connectivity index (χ0v) is 18.1. The standard InChI is InChI=1S/C26H19ClN2O4/c27-22-13-7-6-12-20(22)26(32)33-23-15-14-17-8-4-5-11-19(17)21(23)16-28-29-25(31)24(30)18-9-2-1-3-10-18/h1-16,24,30H,(H,29,31)/b28-16+. The molecule has 1 atom stereocenters. The maximum absolute atomic E-state index is 12.7. The number of esters is 1. The van der Waals surface area contributed by atoms with E-state index in [1.807, 2.05) is 30.3 Å². The molecule has 164 valence electrons. The molecule has 7 heteroatoms. The minimum absolute atomic E-state index is 0.231. The Morgan fingerprint density at radius 2 is 1.61 bits per heavy atom. The van der Waals surface area contributed by atoms with Crippen LogP contribution in [0.15, 0.2) is 96.1 Å². The average Bonchev–Trinajstić information content (AvgIpc) is 2.85. The normalized spacial score (nSPS) is 11.9. The van der Waals surface area contributed by atoms with Crippen molar-refractivity contribution in [2.45, 2.75) is 6.10 Å². The van der Waals surface area contributed by atoms with Crippen LogP contribution < -0.4 is 10.2 Å². The van der Waals surface area contributed by atoms with Crippen molar-refractivity contribution < 1.29 is 19.4 Å². The second kappa shape index (κ2) is 10.1. The highest BCUT2D eigenvalue weighted by atomic mass is 35.5. The Labute approximate surface area is 195 Å². The summed E-state index contributed by atoms with van der Waals surface area (Å²) in [5.74, 6) is -1.05. The molecule has 0 saturated carbocycles. The van der Waals surface area contributed by atoms with E-state index in [0.717, 1.165) is 10.8 Å². The zero-order chi connectivity index (χ0) is 23.2. The Bertz CT molecular complexity index is 1340. The number of aliphatic hydroxyl groups is 1. The van der Waals surface area contributed by atoms with Crippen molar-refractivity contribution in [3.8, 4) is 5.75 Å². The molecule has 0 heterocycles. The maximum atomic E-state index is 12.7. The van der Waals surface area contributed by atoms with Crippen molar-refractivity contribution in [1.82, 2.24) is 5.43 Å². The number of nitrogens with zero attached hydrogens (tertiary/aromatic N) is 1. The van der Waals surface area contributed by atoms with Gasteiger partial charge in [0.2, 0.25) is 0 Å². The number of aliphatic hydroxyl groups excluding tert-OH is 1. The summed E-state index contributed by atoms with van der Waals surface area (Å²) in [7, 11) is 0. The van der Waals surface area contributed by atoms with Gasteiger partial charge in [0, 0.05) is 5.56 Å². The molecule has 0 aliphatic carbocycles. The molecule has 4 aromatic rings. The van der Waals surface area contributed by atoms with Crippen molar-refractivity contribution in [2.24, 2.45) is 5.10 Å². The van der Waals surface area contributed by atoms with Crippen LogP contribution in [0.4, 0.5) is 0 Å². The fourth-order valence-corrected chi connectivity index (χ4v) is 3.50. The molecule has 0 radical (unpaired) electrons. The second-order valence-electron chi connectivity index (χ2n) is 7.12. The smallest absolute Gasteiger partial charge is 0.345 e. The predicted molar refractivity (Wildman–Crippen MR) is 127 cm³/mol. The number of carbonyl (C=O) groups is 2. The average molecular weight is 459 g/mol. The third-order valence-electron chi connectivity index (χ3n) is 4.96. The molecule has 0 aromatic heterocycles. The number of ether oxygens (including phenoxy) is 1. The number of hydrazone groups is 1. The van der Waals surface area contributed by atoms with Gasteiger partial charge in [-0.1, -0.05) is 84.4 Å². The van der Waals surface area contributed by atoms with E-state index in [4.69, 9.17) is 16.3 Å². The van der Waals surface area contributed by atoms with Crippen molar-refractivity contribution in [3.63, 3.8) is 0 Å². The van der Waals surface area contributed by atoms with Crippen LogP contribution in [0, 0.1) is 0 Å². The minimum Gasteiger partial charge on any atom is -0.422 e. The van der Waals surface area contributed by atoms with E-state index in [1.165, 1.54) is 6.21 Å². The summed E-state index contributed by atoms with van der Waals surface area (Å²) < 4.78 is 5.62. The Morgan fingerprint density at radius 3 is 2.39 bits per heavy atom. The van der Waals surface area contributed by atoms with Crippen molar-refractivity contribution in [3.05, 3.63) is 113 Å². The van der Waals surface area contributed by atoms with E-state index in [1.54, 1.807) is 60.7 Å². The van der Waals surface area contributed by atoms with Crippen LogP contribution in [0.2, 0.25) is 5.02 Å². The lowest BCUT2D eigenvalue weighted by molar-refractivity contribution is -0.129. The van der Waals surface area contributed by atoms with Crippen LogP contribution in [-0.2, 0) is 4.79 Å². The lowest BCUT2D eigenvalue weighted by Gasteiger charge is -2.12. The molecule has 1 unspecified atom stereocenters. The molecule has 33 heavy (non-hydrogen) atoms. The van der Waals surface area contributed by atoms with Gasteiger partial charge in [-0.05, 0) is 34.5 Å². The predicted octanol–water partition coefficient (Wildman–Crippen LogP) is 4.90. The number of fused-ring (bicyclic) bond motifs is 1. The SMILES string of the molecule is O=C(Oc1ccc2ccccc2c1/C=N/NC(=O)C(O)c1ccccc1)c1ccccc1Cl. The third-order valence-corrected chi connectivity index (χ3v) is 5.29. The highest BCUT2D eigenvalue weighted by molar-refractivity contribution is 6.33. The first kappa shape index (κ1) is 22.2. The lowest BCUT2D eigenvalue weighted by Crippen LogP contribution is -2.25. The second-order valence-corrected chi connectivity index (χ2v) is 7.52. The molecule has 0 aliphatic rings. The van der Waals surface area contributed by atoms with Gasteiger partial charge in [-0.2, -0.15) is 5.10 Å². The number of hydrogen-bond donors (Lipinski definition) is 2. The molecular formula is C26H19ClN2O4. The van der Waals surface area contributed by atoms with Crippen LogP contribution in [0.25, 0.3) is 10.8 Å². The summed E-state index contributed by atoms with van der Waals surface area (Å²) in [4.78, 5) is 25.0. The van der Waals surface area contributed by atoms with Crippen LogP contribution in [0.1, 0.15) is 27.6 Å². The topological polar surface area (TPSA) is 88.0 Å². The molecule has 0 saturated heterocycles. The third kappa shape index (κ3) is 5.09. The molecule has 4 rings (SSSR count). The first-order chi connectivity index (χ1) is 16.0. The maximum Gasteiger partial charge on any atom is 0.345 e. The highest BCUT2D eigenvalue weighted by Gasteiger charge is 2.17. The number of amides is 1. The minimum atomic E-state index is -1.37. The van der Waals surface area contributed by atoms with Crippen LogP contribution >= 0.6 is 11.6 Å². The zero-order valence-electron chi connectivity index (χ0n) is 17.3. The van der Waals surface area contributed by atoms with Crippen molar-refractivity contribution in [1.29, 1.82) is 0 Å². The summed E-state index contributed by atoms with van der Waals surface area (Å²) in [6.07, 6.45) is 0.0149. The molecule has 4 aromatic carbocycles. The van der Waals surface area contributed by atoms with Gasteiger partial charge in [0.05, 0.1) is 16.8 Å². The van der Waals surface area contributed by atoms with Crippen molar-refractivity contribution in [2.75, 3.05) is 0 Å². The number of benzene rings is 4. The fraction of sp³-hybridized carbons (Fsp3) is 0.0385. The van der Waals surface area contributed by atoms with Gasteiger partial charge < -0.3 is 9.84 Å². The number of nitrogens with one attached hydrogen (secondary N) is 1. The summed E-state index contributed by atoms with van der Waals surface area (Å²) >= 11 is 6.12. The first-order valence-electron chi connectivity index (χ1n) is 10.1. The number of halogens is 1. The Hall–Kier alpha value is -4.00. The molecule has 0 spiro atoms. The summed E-state index contributed by atoms with van der Waals surface area (Å²) in [6.45, 7) is 0. The lowest BCUT2D eigenvalue weighted by atomic mass is 10.0. The van der Waals surface area contributed by atoms with Gasteiger partial charge in [-0.15, -0.1) is 0 Å². The summed E-state index contributed by atoms with van der Waals surface area (Å²) in [5.41, 5.74) is 3.50. The molecule has 1 amide bonds. The van der Waals surface area contributed by atoms with E-state index < -0.39 is 18.0 Å². The van der Waals surface area contributed by atoms with E-state index in [2.05, 4.69) is 10.5 Å². The molecule has 6 nitrogen and oxygen atoms in total. The van der Waals surface area contributed by atoms with Crippen LogP contribution in [-0.4, -0.2) is 23.2 Å². The quantitative estimate of drug-likeness (QED) is 0.186. The molecule has 0 bridgehead atoms. The molecule has 0 fully saturated rings. The Balaban J connectivity index is 1.61. The van der Waals surface area contributed by atoms with E-state index in [0.29, 0.717) is 11.1 Å². The Morgan fingerprint density at radius 1 is 0.909 bits per heavy atom. The van der Waals surface area contributed by atoms with Crippen LogP contribution in [0.3, 0.4) is 0 Å². The number of carbonyl (C=O) groups excluding carboxylic acids is 2. The van der Waals surface area contributed by atoms with Gasteiger partial charge in [-0.25, -0.2) is 10.2 Å². The van der Waals surface area contributed by atoms with Crippen molar-refractivity contribution >= 4 is 40.5 Å². The summed E-state index contributed by atoms with van der Waals surface area (Å²) in [5, 5.41) is 16.2. The van der Waals surface area contributed by atoms with Gasteiger partial charge in [0.25, 0.3) is 5.91 Å². The molecular weight excluding hydrogens is 440 g/mol. The first-order valence-corrected chi connectivity index (χ1v) is 10.5. The van der Waals surface area contributed by atoms with Gasteiger partial charge >= 0.3 is 5.97 Å². The van der Waals surface area contributed by atoms with E-state index >= 15 is 0 Å². The highest BCUT2D eigenvalue weighted by Crippen LogP contribution is 2.28. The van der Waals surface area contributed by atoms with E-state index in [9.17, 15) is 14.7 Å². The van der Waals surface area contributed by atoms with Crippen LogP contribution in [0.5, 0.6) is 5.75 Å². The molecule has 0 aliphatic heterocycles. The van der Waals surface area contributed by atoms with Gasteiger partial charge in [0.1, 0.15) is 5.75 Å². The Kier molecular flexibility index (Phi) is 6.78. The number of rotatable bonds is 6. The summed E-state index contributed by atoms with van der Waals surface area (Å²) in [6, 6.07) is 26.1. The largest absolute Gasteiger partial charge is 0.422 e. The van der Waals surface area contributed by atoms with Gasteiger partial charge in [0.15, 0.2) is 6.10 Å².